The van der Waals surface area contributed by atoms with Crippen LogP contribution in [0.4, 0.5) is 5.69 Å². The Bertz CT molecular complexity index is 625. The number of halogens is 3. The van der Waals surface area contributed by atoms with E-state index in [4.69, 9.17) is 23.2 Å². The summed E-state index contributed by atoms with van der Waals surface area (Å²) in [6.45, 7) is 2.63. The lowest BCUT2D eigenvalue weighted by atomic mass is 10.3. The first-order chi connectivity index (χ1) is 9.01. The minimum Gasteiger partial charge on any atom is -0.342 e. The number of amides is 1. The Morgan fingerprint density at radius 3 is 2.74 bits per heavy atom. The van der Waals surface area contributed by atoms with Gasteiger partial charge in [0.05, 0.1) is 10.0 Å². The number of carbonyl (C=O) groups is 1. The van der Waals surface area contributed by atoms with Gasteiger partial charge in [0.1, 0.15) is 5.69 Å². The third-order valence-corrected chi connectivity index (χ3v) is 4.05. The van der Waals surface area contributed by atoms with Gasteiger partial charge in [-0.25, -0.2) is 0 Å². The number of carbonyl (C=O) groups excluding carboxylic acids is 1. The molecule has 0 saturated heterocycles. The van der Waals surface area contributed by atoms with E-state index in [1.165, 1.54) is 0 Å². The molecule has 0 aliphatic rings. The molecule has 1 aromatic carbocycles. The van der Waals surface area contributed by atoms with Gasteiger partial charge in [-0.15, -0.1) is 0 Å². The Morgan fingerprint density at radius 2 is 2.11 bits per heavy atom. The molecule has 3 nitrogen and oxygen atoms in total. The molecular weight excluding hydrogens is 351 g/mol. The second-order valence-corrected chi connectivity index (χ2v) is 5.61. The number of hydrogen-bond donors (Lipinski definition) is 1. The van der Waals surface area contributed by atoms with Crippen LogP contribution in [0, 0.1) is 0 Å². The highest BCUT2D eigenvalue weighted by molar-refractivity contribution is 9.10. The average molecular weight is 362 g/mol. The van der Waals surface area contributed by atoms with E-state index in [1.54, 1.807) is 35.0 Å². The van der Waals surface area contributed by atoms with Crippen LogP contribution in [0.5, 0.6) is 0 Å². The average Bonchev–Trinajstić information content (AvgIpc) is 2.75. The highest BCUT2D eigenvalue weighted by Gasteiger charge is 2.13. The number of aromatic nitrogens is 1. The van der Waals surface area contributed by atoms with E-state index in [9.17, 15) is 4.79 Å². The highest BCUT2D eigenvalue weighted by atomic mass is 79.9. The molecule has 1 amide bonds. The van der Waals surface area contributed by atoms with E-state index in [2.05, 4.69) is 21.2 Å². The summed E-state index contributed by atoms with van der Waals surface area (Å²) >= 11 is 15.2. The Morgan fingerprint density at radius 1 is 1.37 bits per heavy atom. The molecule has 1 N–H and O–H groups in total. The Hall–Kier alpha value is -0.970. The molecule has 19 heavy (non-hydrogen) atoms. The molecule has 0 spiro atoms. The van der Waals surface area contributed by atoms with Gasteiger partial charge in [0.2, 0.25) is 0 Å². The van der Waals surface area contributed by atoms with Crippen molar-refractivity contribution >= 4 is 50.7 Å². The maximum absolute atomic E-state index is 12.2. The molecule has 0 fully saturated rings. The fraction of sp³-hybridized carbons (Fsp3) is 0.154. The van der Waals surface area contributed by atoms with E-state index >= 15 is 0 Å². The van der Waals surface area contributed by atoms with E-state index in [0.717, 1.165) is 4.47 Å². The number of aryl methyl sites for hydroxylation is 1. The number of rotatable bonds is 3. The first-order valence-corrected chi connectivity index (χ1v) is 7.18. The summed E-state index contributed by atoms with van der Waals surface area (Å²) < 4.78 is 2.57. The van der Waals surface area contributed by atoms with Crippen molar-refractivity contribution in [3.63, 3.8) is 0 Å². The predicted octanol–water partition coefficient (Wildman–Crippen LogP) is 4.83. The van der Waals surface area contributed by atoms with E-state index in [-0.39, 0.29) is 5.91 Å². The zero-order valence-electron chi connectivity index (χ0n) is 10.1. The van der Waals surface area contributed by atoms with Gasteiger partial charge in [0.25, 0.3) is 5.91 Å². The van der Waals surface area contributed by atoms with E-state index in [1.807, 2.05) is 6.92 Å². The molecule has 0 unspecified atom stereocenters. The van der Waals surface area contributed by atoms with Crippen LogP contribution in [-0.4, -0.2) is 10.5 Å². The Labute approximate surface area is 129 Å². The summed E-state index contributed by atoms with van der Waals surface area (Å²) in [6.07, 6.45) is 1.73. The van der Waals surface area contributed by atoms with Crippen LogP contribution in [0.15, 0.2) is 34.9 Å². The van der Waals surface area contributed by atoms with Gasteiger partial charge in [-0.05, 0) is 47.1 Å². The van der Waals surface area contributed by atoms with Crippen LogP contribution in [-0.2, 0) is 6.54 Å². The van der Waals surface area contributed by atoms with Gasteiger partial charge in [-0.1, -0.05) is 23.2 Å². The predicted molar refractivity (Wildman–Crippen MR) is 82.2 cm³/mol. The summed E-state index contributed by atoms with van der Waals surface area (Å²) in [5, 5.41) is 3.88. The van der Waals surface area contributed by atoms with E-state index in [0.29, 0.717) is 28.0 Å². The van der Waals surface area contributed by atoms with Crippen LogP contribution in [0.25, 0.3) is 0 Å². The molecular formula is C13H11BrCl2N2O. The summed E-state index contributed by atoms with van der Waals surface area (Å²) in [4.78, 5) is 12.2. The van der Waals surface area contributed by atoms with Gasteiger partial charge in [-0.2, -0.15) is 0 Å². The second kappa shape index (κ2) is 5.99. The monoisotopic (exact) mass is 360 g/mol. The molecule has 0 bridgehead atoms. The maximum Gasteiger partial charge on any atom is 0.272 e. The molecule has 0 atom stereocenters. The summed E-state index contributed by atoms with van der Waals surface area (Å²) in [5.74, 6) is -0.216. The first-order valence-electron chi connectivity index (χ1n) is 5.63. The van der Waals surface area contributed by atoms with Crippen LogP contribution < -0.4 is 5.32 Å². The van der Waals surface area contributed by atoms with Crippen molar-refractivity contribution in [3.8, 4) is 0 Å². The fourth-order valence-corrected chi connectivity index (χ4v) is 2.34. The normalized spacial score (nSPS) is 10.5. The van der Waals surface area contributed by atoms with Gasteiger partial charge >= 0.3 is 0 Å². The van der Waals surface area contributed by atoms with Crippen molar-refractivity contribution in [1.29, 1.82) is 0 Å². The van der Waals surface area contributed by atoms with Crippen molar-refractivity contribution < 1.29 is 4.79 Å². The fourth-order valence-electron chi connectivity index (χ4n) is 1.70. The molecule has 0 aliphatic carbocycles. The molecule has 0 saturated carbocycles. The second-order valence-electron chi connectivity index (χ2n) is 3.91. The lowest BCUT2D eigenvalue weighted by Crippen LogP contribution is -2.16. The number of nitrogens with zero attached hydrogens (tertiary/aromatic N) is 1. The lowest BCUT2D eigenvalue weighted by molar-refractivity contribution is 0.101. The van der Waals surface area contributed by atoms with Crippen molar-refractivity contribution in [3.05, 3.63) is 50.7 Å². The minimum atomic E-state index is -0.216. The van der Waals surface area contributed by atoms with Crippen molar-refractivity contribution in [2.45, 2.75) is 13.5 Å². The van der Waals surface area contributed by atoms with Crippen LogP contribution >= 0.6 is 39.1 Å². The maximum atomic E-state index is 12.2. The molecule has 2 rings (SSSR count). The smallest absolute Gasteiger partial charge is 0.272 e. The van der Waals surface area contributed by atoms with Crippen molar-refractivity contribution in [2.75, 3.05) is 5.32 Å². The molecule has 1 heterocycles. The Kier molecular flexibility index (Phi) is 4.55. The van der Waals surface area contributed by atoms with Gasteiger partial charge in [0, 0.05) is 22.9 Å². The lowest BCUT2D eigenvalue weighted by Gasteiger charge is -2.08. The summed E-state index contributed by atoms with van der Waals surface area (Å²) in [5.41, 5.74) is 1.16. The quantitative estimate of drug-likeness (QED) is 0.834. The minimum absolute atomic E-state index is 0.216. The van der Waals surface area contributed by atoms with Crippen molar-refractivity contribution in [2.24, 2.45) is 0 Å². The number of benzene rings is 1. The van der Waals surface area contributed by atoms with E-state index < -0.39 is 0 Å². The molecule has 0 aliphatic heterocycles. The van der Waals surface area contributed by atoms with Crippen LogP contribution in [0.3, 0.4) is 0 Å². The molecule has 6 heteroatoms. The SMILES string of the molecule is CCn1cc(Cl)cc1C(=O)Nc1ccc(Br)c(Cl)c1. The first kappa shape index (κ1) is 14.4. The van der Waals surface area contributed by atoms with Gasteiger partial charge in [0.15, 0.2) is 0 Å². The molecule has 2 aromatic rings. The molecule has 1 aromatic heterocycles. The zero-order valence-corrected chi connectivity index (χ0v) is 13.2. The Balaban J connectivity index is 2.22. The van der Waals surface area contributed by atoms with Crippen LogP contribution in [0.2, 0.25) is 10.0 Å². The molecule has 100 valence electrons. The number of anilines is 1. The largest absolute Gasteiger partial charge is 0.342 e. The van der Waals surface area contributed by atoms with Crippen molar-refractivity contribution in [1.82, 2.24) is 4.57 Å². The topological polar surface area (TPSA) is 34.0 Å². The summed E-state index contributed by atoms with van der Waals surface area (Å²) in [7, 11) is 0. The third kappa shape index (κ3) is 3.32. The zero-order chi connectivity index (χ0) is 14.0. The van der Waals surface area contributed by atoms with Gasteiger partial charge < -0.3 is 9.88 Å². The number of hydrogen-bond acceptors (Lipinski definition) is 1. The van der Waals surface area contributed by atoms with Gasteiger partial charge in [-0.3, -0.25) is 4.79 Å². The molecule has 0 radical (unpaired) electrons. The third-order valence-electron chi connectivity index (χ3n) is 2.61. The standard InChI is InChI=1S/C13H11BrCl2N2O/c1-2-18-7-8(15)5-12(18)13(19)17-9-3-4-10(14)11(16)6-9/h3-7H,2H2,1H3,(H,17,19). The van der Waals surface area contributed by atoms with Crippen LogP contribution in [0.1, 0.15) is 17.4 Å². The summed E-state index contributed by atoms with van der Waals surface area (Å²) in [6, 6.07) is 6.88. The number of nitrogens with one attached hydrogen (secondary N) is 1. The highest BCUT2D eigenvalue weighted by Crippen LogP contribution is 2.26.